The Hall–Kier alpha value is -2.42. The molecular weight excluding hydrogens is 236 g/mol. The van der Waals surface area contributed by atoms with E-state index in [1.54, 1.807) is 0 Å². The summed E-state index contributed by atoms with van der Waals surface area (Å²) < 4.78 is 1.99. The van der Waals surface area contributed by atoms with Gasteiger partial charge in [0.05, 0.1) is 5.52 Å². The van der Waals surface area contributed by atoms with Crippen molar-refractivity contribution in [2.75, 3.05) is 0 Å². The molecule has 0 saturated carbocycles. The van der Waals surface area contributed by atoms with Crippen LogP contribution in [-0.4, -0.2) is 15.7 Å². The van der Waals surface area contributed by atoms with Crippen LogP contribution in [0.3, 0.4) is 0 Å². The molecule has 0 bridgehead atoms. The second-order valence-corrected chi connectivity index (χ2v) is 4.47. The molecule has 0 aliphatic rings. The summed E-state index contributed by atoms with van der Waals surface area (Å²) >= 11 is 0. The molecule has 0 aliphatic carbocycles. The Morgan fingerprint density at radius 1 is 1.00 bits per heavy atom. The van der Waals surface area contributed by atoms with E-state index in [9.17, 15) is 4.79 Å². The van der Waals surface area contributed by atoms with Crippen molar-refractivity contribution in [1.82, 2.24) is 9.38 Å². The Bertz CT molecular complexity index is 701. The molecule has 1 aromatic carbocycles. The van der Waals surface area contributed by atoms with Gasteiger partial charge in [-0.25, -0.2) is 4.98 Å². The lowest BCUT2D eigenvalue weighted by Gasteiger charge is -2.01. The number of rotatable bonds is 4. The number of benzene rings is 1. The normalized spacial score (nSPS) is 10.7. The van der Waals surface area contributed by atoms with Gasteiger partial charge in [-0.3, -0.25) is 4.79 Å². The van der Waals surface area contributed by atoms with E-state index in [2.05, 4.69) is 17.1 Å². The smallest absolute Gasteiger partial charge is 0.170 e. The third-order valence-electron chi connectivity index (χ3n) is 3.24. The first-order valence-electron chi connectivity index (χ1n) is 6.33. The van der Waals surface area contributed by atoms with E-state index in [-0.39, 0.29) is 0 Å². The van der Waals surface area contributed by atoms with Gasteiger partial charge in [0.2, 0.25) is 0 Å². The summed E-state index contributed by atoms with van der Waals surface area (Å²) in [6, 6.07) is 16.1. The quantitative estimate of drug-likeness (QED) is 0.667. The summed E-state index contributed by atoms with van der Waals surface area (Å²) in [5.41, 5.74) is 2.67. The van der Waals surface area contributed by atoms with Crippen molar-refractivity contribution in [1.29, 1.82) is 0 Å². The lowest BCUT2D eigenvalue weighted by molar-refractivity contribution is 0.112. The number of carbonyl (C=O) groups is 1. The maximum atomic E-state index is 11.0. The fourth-order valence-electron chi connectivity index (χ4n) is 2.29. The summed E-state index contributed by atoms with van der Waals surface area (Å²) in [7, 11) is 0. The monoisotopic (exact) mass is 250 g/mol. The van der Waals surface area contributed by atoms with Gasteiger partial charge in [-0.15, -0.1) is 0 Å². The van der Waals surface area contributed by atoms with Gasteiger partial charge >= 0.3 is 0 Å². The number of aryl methyl sites for hydroxylation is 2. The second kappa shape index (κ2) is 5.06. The Balaban J connectivity index is 1.91. The molecular formula is C16H14N2O. The minimum atomic E-state index is 0.517. The summed E-state index contributed by atoms with van der Waals surface area (Å²) in [5.74, 6) is 0.932. The number of hydrogen-bond donors (Lipinski definition) is 0. The van der Waals surface area contributed by atoms with Gasteiger partial charge in [0.15, 0.2) is 6.29 Å². The minimum absolute atomic E-state index is 0.517. The number of hydrogen-bond acceptors (Lipinski definition) is 2. The lowest BCUT2D eigenvalue weighted by atomic mass is 10.1. The zero-order valence-electron chi connectivity index (χ0n) is 10.5. The Morgan fingerprint density at radius 2 is 1.79 bits per heavy atom. The molecule has 0 unspecified atom stereocenters. The van der Waals surface area contributed by atoms with Gasteiger partial charge in [-0.05, 0) is 24.1 Å². The van der Waals surface area contributed by atoms with Crippen molar-refractivity contribution < 1.29 is 4.79 Å². The van der Waals surface area contributed by atoms with Crippen molar-refractivity contribution in [3.63, 3.8) is 0 Å². The van der Waals surface area contributed by atoms with Gasteiger partial charge in [0, 0.05) is 12.6 Å². The molecule has 3 rings (SSSR count). The molecule has 0 N–H and O–H groups in total. The first-order chi connectivity index (χ1) is 9.38. The van der Waals surface area contributed by atoms with Crippen LogP contribution in [0.15, 0.2) is 54.7 Å². The third-order valence-corrected chi connectivity index (χ3v) is 3.24. The van der Waals surface area contributed by atoms with Crippen molar-refractivity contribution >= 4 is 11.8 Å². The van der Waals surface area contributed by atoms with Gasteiger partial charge in [0.1, 0.15) is 11.5 Å². The molecule has 0 fully saturated rings. The van der Waals surface area contributed by atoms with E-state index in [1.165, 1.54) is 5.56 Å². The molecule has 0 aliphatic heterocycles. The van der Waals surface area contributed by atoms with Gasteiger partial charge in [0.25, 0.3) is 0 Å². The van der Waals surface area contributed by atoms with Crippen LogP contribution < -0.4 is 0 Å². The molecule has 3 nitrogen and oxygen atoms in total. The van der Waals surface area contributed by atoms with E-state index in [0.717, 1.165) is 30.5 Å². The van der Waals surface area contributed by atoms with Crippen molar-refractivity contribution in [2.45, 2.75) is 12.8 Å². The highest BCUT2D eigenvalue weighted by molar-refractivity contribution is 5.83. The first-order valence-corrected chi connectivity index (χ1v) is 6.33. The molecule has 2 aromatic heterocycles. The van der Waals surface area contributed by atoms with Gasteiger partial charge < -0.3 is 4.40 Å². The molecule has 0 saturated heterocycles. The van der Waals surface area contributed by atoms with E-state index in [0.29, 0.717) is 5.69 Å². The molecule has 19 heavy (non-hydrogen) atoms. The summed E-state index contributed by atoms with van der Waals surface area (Å²) in [6.07, 6.45) is 4.52. The highest BCUT2D eigenvalue weighted by Crippen LogP contribution is 2.13. The van der Waals surface area contributed by atoms with Crippen molar-refractivity contribution in [2.24, 2.45) is 0 Å². The van der Waals surface area contributed by atoms with Crippen LogP contribution in [0.2, 0.25) is 0 Å². The number of nitrogens with zero attached hydrogens (tertiary/aromatic N) is 2. The molecule has 0 spiro atoms. The SMILES string of the molecule is O=Cc1nc(CCc2ccccc2)n2ccccc12. The van der Waals surface area contributed by atoms with Gasteiger partial charge in [-0.1, -0.05) is 36.4 Å². The Morgan fingerprint density at radius 3 is 2.58 bits per heavy atom. The molecule has 0 amide bonds. The van der Waals surface area contributed by atoms with Crippen LogP contribution in [0.25, 0.3) is 5.52 Å². The topological polar surface area (TPSA) is 34.4 Å². The average Bonchev–Trinajstić information content (AvgIpc) is 2.84. The maximum Gasteiger partial charge on any atom is 0.170 e. The fourth-order valence-corrected chi connectivity index (χ4v) is 2.29. The maximum absolute atomic E-state index is 11.0. The molecule has 2 heterocycles. The van der Waals surface area contributed by atoms with Gasteiger partial charge in [-0.2, -0.15) is 0 Å². The zero-order valence-corrected chi connectivity index (χ0v) is 10.5. The minimum Gasteiger partial charge on any atom is -0.303 e. The van der Waals surface area contributed by atoms with Crippen molar-refractivity contribution in [3.05, 3.63) is 71.8 Å². The number of aromatic nitrogens is 2. The molecule has 3 aromatic rings. The summed E-state index contributed by atoms with van der Waals surface area (Å²) in [4.78, 5) is 15.4. The number of fused-ring (bicyclic) bond motifs is 1. The van der Waals surface area contributed by atoms with Crippen LogP contribution in [0, 0.1) is 0 Å². The van der Waals surface area contributed by atoms with Crippen LogP contribution in [0.1, 0.15) is 21.9 Å². The van der Waals surface area contributed by atoms with Crippen LogP contribution in [0.5, 0.6) is 0 Å². The Labute approximate surface area is 111 Å². The number of imidazole rings is 1. The van der Waals surface area contributed by atoms with E-state index >= 15 is 0 Å². The van der Waals surface area contributed by atoms with E-state index in [1.807, 2.05) is 47.0 Å². The highest BCUT2D eigenvalue weighted by Gasteiger charge is 2.09. The third kappa shape index (κ3) is 2.27. The van der Waals surface area contributed by atoms with E-state index in [4.69, 9.17) is 0 Å². The standard InChI is InChI=1S/C16H14N2O/c19-12-14-15-8-4-5-11-18(15)16(17-14)10-9-13-6-2-1-3-7-13/h1-8,11-12H,9-10H2. The molecule has 94 valence electrons. The summed E-state index contributed by atoms with van der Waals surface area (Å²) in [5, 5.41) is 0. The van der Waals surface area contributed by atoms with Crippen LogP contribution >= 0.6 is 0 Å². The number of carbonyl (C=O) groups excluding carboxylic acids is 1. The predicted octanol–water partition coefficient (Wildman–Crippen LogP) is 2.93. The first kappa shape index (κ1) is 11.7. The Kier molecular flexibility index (Phi) is 3.11. The highest BCUT2D eigenvalue weighted by atomic mass is 16.1. The fraction of sp³-hybridized carbons (Fsp3) is 0.125. The molecule has 0 atom stereocenters. The van der Waals surface area contributed by atoms with E-state index < -0.39 is 0 Å². The number of aldehydes is 1. The van der Waals surface area contributed by atoms with Crippen molar-refractivity contribution in [3.8, 4) is 0 Å². The summed E-state index contributed by atoms with van der Waals surface area (Å²) in [6.45, 7) is 0. The molecule has 3 heteroatoms. The zero-order chi connectivity index (χ0) is 13.1. The largest absolute Gasteiger partial charge is 0.303 e. The molecule has 0 radical (unpaired) electrons. The predicted molar refractivity (Wildman–Crippen MR) is 74.4 cm³/mol. The number of pyridine rings is 1. The average molecular weight is 250 g/mol. The lowest BCUT2D eigenvalue weighted by Crippen LogP contribution is -1.97. The van der Waals surface area contributed by atoms with Crippen LogP contribution in [0.4, 0.5) is 0 Å². The van der Waals surface area contributed by atoms with Crippen LogP contribution in [-0.2, 0) is 12.8 Å². The second-order valence-electron chi connectivity index (χ2n) is 4.47.